The lowest BCUT2D eigenvalue weighted by atomic mass is 10.0. The summed E-state index contributed by atoms with van der Waals surface area (Å²) in [6, 6.07) is 8.42. The molecule has 2 heterocycles. The normalized spacial score (nSPS) is 15.2. The van der Waals surface area contributed by atoms with Crippen LogP contribution in [-0.2, 0) is 19.5 Å². The molecule has 0 aliphatic carbocycles. The molecule has 5 heteroatoms. The number of halogens is 1. The Morgan fingerprint density at radius 1 is 1.32 bits per heavy atom. The van der Waals surface area contributed by atoms with Gasteiger partial charge in [-0.3, -0.25) is 4.90 Å². The maximum atomic E-state index is 5.88. The number of nitrogen functional groups attached to an aromatic ring is 1. The zero-order chi connectivity index (χ0) is 13.2. The van der Waals surface area contributed by atoms with Gasteiger partial charge in [0.2, 0.25) is 0 Å². The average molecular weight is 319 g/mol. The predicted octanol–water partition coefficient (Wildman–Crippen LogP) is 2.38. The number of benzene rings is 1. The molecule has 1 aromatic heterocycles. The van der Waals surface area contributed by atoms with E-state index in [0.717, 1.165) is 41.8 Å². The molecule has 2 N–H and O–H groups in total. The Kier molecular flexibility index (Phi) is 3.48. The van der Waals surface area contributed by atoms with Gasteiger partial charge in [-0.15, -0.1) is 0 Å². The van der Waals surface area contributed by atoms with E-state index in [2.05, 4.69) is 49.0 Å². The molecule has 0 bridgehead atoms. The SMILES string of the molecule is Nc1ncnc2c1CCN(Cc1cccc(Br)c1)C2. The van der Waals surface area contributed by atoms with Gasteiger partial charge >= 0.3 is 0 Å². The molecule has 4 nitrogen and oxygen atoms in total. The Morgan fingerprint density at radius 3 is 3.05 bits per heavy atom. The van der Waals surface area contributed by atoms with Crippen molar-refractivity contribution in [3.63, 3.8) is 0 Å². The van der Waals surface area contributed by atoms with Gasteiger partial charge in [-0.1, -0.05) is 28.1 Å². The molecule has 0 saturated heterocycles. The van der Waals surface area contributed by atoms with Crippen molar-refractivity contribution in [1.82, 2.24) is 14.9 Å². The monoisotopic (exact) mass is 318 g/mol. The number of aromatic nitrogens is 2. The summed E-state index contributed by atoms with van der Waals surface area (Å²) in [4.78, 5) is 10.8. The minimum atomic E-state index is 0.632. The summed E-state index contributed by atoms with van der Waals surface area (Å²) in [5, 5.41) is 0. The van der Waals surface area contributed by atoms with Crippen molar-refractivity contribution in [1.29, 1.82) is 0 Å². The van der Waals surface area contributed by atoms with Crippen molar-refractivity contribution in [2.45, 2.75) is 19.5 Å². The number of fused-ring (bicyclic) bond motifs is 1. The third-order valence-electron chi connectivity index (χ3n) is 3.41. The average Bonchev–Trinajstić information content (AvgIpc) is 2.39. The van der Waals surface area contributed by atoms with Crippen LogP contribution in [0.25, 0.3) is 0 Å². The second kappa shape index (κ2) is 5.27. The van der Waals surface area contributed by atoms with E-state index in [1.807, 2.05) is 6.07 Å². The predicted molar refractivity (Wildman–Crippen MR) is 78.4 cm³/mol. The van der Waals surface area contributed by atoms with Gasteiger partial charge in [0.1, 0.15) is 12.1 Å². The van der Waals surface area contributed by atoms with Crippen LogP contribution in [0, 0.1) is 0 Å². The molecule has 0 unspecified atom stereocenters. The van der Waals surface area contributed by atoms with Crippen molar-refractivity contribution in [3.05, 3.63) is 51.9 Å². The molecule has 0 radical (unpaired) electrons. The van der Waals surface area contributed by atoms with Gasteiger partial charge in [0, 0.05) is 29.7 Å². The van der Waals surface area contributed by atoms with Crippen LogP contribution in [0.3, 0.4) is 0 Å². The van der Waals surface area contributed by atoms with Crippen LogP contribution in [0.2, 0.25) is 0 Å². The molecule has 0 saturated carbocycles. The van der Waals surface area contributed by atoms with Gasteiger partial charge < -0.3 is 5.73 Å². The minimum absolute atomic E-state index is 0.632. The lowest BCUT2D eigenvalue weighted by Crippen LogP contribution is -2.31. The topological polar surface area (TPSA) is 55.0 Å². The highest BCUT2D eigenvalue weighted by Crippen LogP contribution is 2.22. The molecule has 1 aliphatic rings. The second-order valence-corrected chi connectivity index (χ2v) is 5.69. The number of rotatable bonds is 2. The van der Waals surface area contributed by atoms with Gasteiger partial charge in [0.05, 0.1) is 5.69 Å². The van der Waals surface area contributed by atoms with E-state index < -0.39 is 0 Å². The Morgan fingerprint density at radius 2 is 2.21 bits per heavy atom. The molecule has 19 heavy (non-hydrogen) atoms. The van der Waals surface area contributed by atoms with E-state index in [0.29, 0.717) is 5.82 Å². The molecule has 0 fully saturated rings. The van der Waals surface area contributed by atoms with Crippen LogP contribution >= 0.6 is 15.9 Å². The third kappa shape index (κ3) is 2.77. The van der Waals surface area contributed by atoms with E-state index in [4.69, 9.17) is 5.73 Å². The minimum Gasteiger partial charge on any atom is -0.383 e. The first-order chi connectivity index (χ1) is 9.22. The Balaban J connectivity index is 1.76. The molecular weight excluding hydrogens is 304 g/mol. The fraction of sp³-hybridized carbons (Fsp3) is 0.286. The summed E-state index contributed by atoms with van der Waals surface area (Å²) >= 11 is 3.51. The maximum Gasteiger partial charge on any atom is 0.130 e. The lowest BCUT2D eigenvalue weighted by molar-refractivity contribution is 0.241. The van der Waals surface area contributed by atoms with Crippen LogP contribution in [0.15, 0.2) is 35.1 Å². The Hall–Kier alpha value is -1.46. The zero-order valence-corrected chi connectivity index (χ0v) is 12.1. The molecule has 3 rings (SSSR count). The molecular formula is C14H15BrN4. The molecule has 0 atom stereocenters. The van der Waals surface area contributed by atoms with Crippen molar-refractivity contribution < 1.29 is 0 Å². The highest BCUT2D eigenvalue weighted by molar-refractivity contribution is 9.10. The Labute approximate surface area is 120 Å². The smallest absolute Gasteiger partial charge is 0.130 e. The van der Waals surface area contributed by atoms with E-state index in [1.54, 1.807) is 6.33 Å². The van der Waals surface area contributed by atoms with Gasteiger partial charge in [-0.05, 0) is 24.1 Å². The fourth-order valence-electron chi connectivity index (χ4n) is 2.46. The van der Waals surface area contributed by atoms with E-state index in [9.17, 15) is 0 Å². The summed E-state index contributed by atoms with van der Waals surface area (Å²) < 4.78 is 1.12. The third-order valence-corrected chi connectivity index (χ3v) is 3.91. The van der Waals surface area contributed by atoms with Crippen molar-refractivity contribution in [2.75, 3.05) is 12.3 Å². The van der Waals surface area contributed by atoms with Crippen LogP contribution in [0.4, 0.5) is 5.82 Å². The number of anilines is 1. The Bertz CT molecular complexity index is 600. The summed E-state index contributed by atoms with van der Waals surface area (Å²) in [6.07, 6.45) is 2.48. The van der Waals surface area contributed by atoms with Gasteiger partial charge in [0.15, 0.2) is 0 Å². The molecule has 0 amide bonds. The maximum absolute atomic E-state index is 5.88. The van der Waals surface area contributed by atoms with Gasteiger partial charge in [0.25, 0.3) is 0 Å². The number of nitrogens with zero attached hydrogens (tertiary/aromatic N) is 3. The van der Waals surface area contributed by atoms with Crippen molar-refractivity contribution >= 4 is 21.7 Å². The van der Waals surface area contributed by atoms with Crippen LogP contribution in [0.1, 0.15) is 16.8 Å². The highest BCUT2D eigenvalue weighted by atomic mass is 79.9. The first-order valence-electron chi connectivity index (χ1n) is 6.27. The van der Waals surface area contributed by atoms with E-state index in [-0.39, 0.29) is 0 Å². The fourth-order valence-corrected chi connectivity index (χ4v) is 2.91. The number of hydrogen-bond donors (Lipinski definition) is 1. The van der Waals surface area contributed by atoms with Crippen molar-refractivity contribution in [2.24, 2.45) is 0 Å². The summed E-state index contributed by atoms with van der Waals surface area (Å²) in [5.74, 6) is 0.632. The highest BCUT2D eigenvalue weighted by Gasteiger charge is 2.19. The molecule has 1 aromatic carbocycles. The van der Waals surface area contributed by atoms with E-state index in [1.165, 1.54) is 5.56 Å². The largest absolute Gasteiger partial charge is 0.383 e. The van der Waals surface area contributed by atoms with Crippen LogP contribution in [0.5, 0.6) is 0 Å². The van der Waals surface area contributed by atoms with Gasteiger partial charge in [-0.25, -0.2) is 9.97 Å². The summed E-state index contributed by atoms with van der Waals surface area (Å²) in [6.45, 7) is 2.77. The molecule has 0 spiro atoms. The van der Waals surface area contributed by atoms with E-state index >= 15 is 0 Å². The molecule has 2 aromatic rings. The van der Waals surface area contributed by atoms with Crippen LogP contribution in [-0.4, -0.2) is 21.4 Å². The second-order valence-electron chi connectivity index (χ2n) is 4.77. The first-order valence-corrected chi connectivity index (χ1v) is 7.06. The van der Waals surface area contributed by atoms with Crippen molar-refractivity contribution in [3.8, 4) is 0 Å². The van der Waals surface area contributed by atoms with Gasteiger partial charge in [-0.2, -0.15) is 0 Å². The summed E-state index contributed by atoms with van der Waals surface area (Å²) in [5.41, 5.74) is 9.37. The zero-order valence-electron chi connectivity index (χ0n) is 10.5. The van der Waals surface area contributed by atoms with Crippen LogP contribution < -0.4 is 5.73 Å². The molecule has 98 valence electrons. The lowest BCUT2D eigenvalue weighted by Gasteiger charge is -2.28. The number of hydrogen-bond acceptors (Lipinski definition) is 4. The first kappa shape index (κ1) is 12.6. The number of nitrogens with two attached hydrogens (primary N) is 1. The quantitative estimate of drug-likeness (QED) is 0.923. The molecule has 1 aliphatic heterocycles. The standard InChI is InChI=1S/C14H15BrN4/c15-11-3-1-2-10(6-11)7-19-5-4-12-13(8-19)17-9-18-14(12)16/h1-3,6,9H,4-5,7-8H2,(H2,16,17,18). The summed E-state index contributed by atoms with van der Waals surface area (Å²) in [7, 11) is 0.